The molecule has 2 rings (SSSR count). The minimum absolute atomic E-state index is 0.145. The maximum Gasteiger partial charge on any atom is 0.340 e. The van der Waals surface area contributed by atoms with Crippen LogP contribution in [0, 0.1) is 13.8 Å². The monoisotopic (exact) mass is 310 g/mol. The fourth-order valence-electron chi connectivity index (χ4n) is 1.45. The van der Waals surface area contributed by atoms with Crippen LogP contribution in [0.3, 0.4) is 0 Å². The lowest BCUT2D eigenvalue weighted by Crippen LogP contribution is -2.06. The van der Waals surface area contributed by atoms with Crippen molar-refractivity contribution in [3.8, 4) is 0 Å². The lowest BCUT2D eigenvalue weighted by molar-refractivity contribution is 0.0470. The van der Waals surface area contributed by atoms with Crippen LogP contribution in [-0.2, 0) is 11.3 Å². The lowest BCUT2D eigenvalue weighted by atomic mass is 10.2. The molecular formula is C12H11BrN2O3. The van der Waals surface area contributed by atoms with Crippen molar-refractivity contribution in [1.82, 2.24) is 10.1 Å². The van der Waals surface area contributed by atoms with Crippen molar-refractivity contribution in [2.24, 2.45) is 0 Å². The van der Waals surface area contributed by atoms with Crippen LogP contribution in [-0.4, -0.2) is 16.1 Å². The van der Waals surface area contributed by atoms with E-state index in [4.69, 9.17) is 9.26 Å². The first-order chi connectivity index (χ1) is 8.58. The van der Waals surface area contributed by atoms with Crippen molar-refractivity contribution in [3.63, 3.8) is 0 Å². The van der Waals surface area contributed by atoms with Crippen LogP contribution in [0.2, 0.25) is 0 Å². The molecule has 2 heterocycles. The Hall–Kier alpha value is -1.69. The molecule has 94 valence electrons. The average Bonchev–Trinajstić information content (AvgIpc) is 2.66. The Kier molecular flexibility index (Phi) is 3.76. The molecule has 5 nitrogen and oxygen atoms in total. The summed E-state index contributed by atoms with van der Waals surface area (Å²) >= 11 is 3.25. The Morgan fingerprint density at radius 3 is 2.83 bits per heavy atom. The van der Waals surface area contributed by atoms with Crippen LogP contribution in [0.15, 0.2) is 27.5 Å². The van der Waals surface area contributed by atoms with E-state index in [1.165, 1.54) is 6.20 Å². The van der Waals surface area contributed by atoms with Crippen LogP contribution < -0.4 is 0 Å². The zero-order valence-corrected chi connectivity index (χ0v) is 11.5. The lowest BCUT2D eigenvalue weighted by Gasteiger charge is -2.04. The topological polar surface area (TPSA) is 65.2 Å². The zero-order valence-electron chi connectivity index (χ0n) is 9.94. The van der Waals surface area contributed by atoms with E-state index >= 15 is 0 Å². The second-order valence-corrected chi connectivity index (χ2v) is 4.69. The van der Waals surface area contributed by atoms with E-state index in [1.807, 2.05) is 0 Å². The third-order valence-corrected chi connectivity index (χ3v) is 2.90. The van der Waals surface area contributed by atoms with Gasteiger partial charge < -0.3 is 9.26 Å². The van der Waals surface area contributed by atoms with E-state index in [0.717, 1.165) is 15.7 Å². The summed E-state index contributed by atoms with van der Waals surface area (Å²) in [4.78, 5) is 15.7. The zero-order chi connectivity index (χ0) is 13.1. The summed E-state index contributed by atoms with van der Waals surface area (Å²) in [6, 6.07) is 1.66. The molecule has 0 radical (unpaired) electrons. The number of aryl methyl sites for hydroxylation is 2. The van der Waals surface area contributed by atoms with Crippen molar-refractivity contribution in [2.75, 3.05) is 0 Å². The van der Waals surface area contributed by atoms with Crippen LogP contribution >= 0.6 is 15.9 Å². The number of hydrogen-bond donors (Lipinski definition) is 0. The third kappa shape index (κ3) is 2.76. The molecule has 0 aliphatic carbocycles. The fraction of sp³-hybridized carbons (Fsp3) is 0.250. The summed E-state index contributed by atoms with van der Waals surface area (Å²) in [5, 5.41) is 3.79. The van der Waals surface area contributed by atoms with Crippen LogP contribution in [0.1, 0.15) is 27.4 Å². The van der Waals surface area contributed by atoms with Crippen molar-refractivity contribution < 1.29 is 14.1 Å². The predicted octanol–water partition coefficient (Wildman–Crippen LogP) is 2.81. The highest BCUT2D eigenvalue weighted by Crippen LogP contribution is 2.15. The minimum atomic E-state index is -0.427. The Labute approximate surface area is 112 Å². The summed E-state index contributed by atoms with van der Waals surface area (Å²) in [6.45, 7) is 3.73. The second kappa shape index (κ2) is 5.30. The maximum absolute atomic E-state index is 11.8. The first-order valence-corrected chi connectivity index (χ1v) is 6.06. The first kappa shape index (κ1) is 12.8. The van der Waals surface area contributed by atoms with Gasteiger partial charge in [-0.3, -0.25) is 4.98 Å². The molecule has 0 spiro atoms. The number of nitrogens with zero attached hydrogens (tertiary/aromatic N) is 2. The van der Waals surface area contributed by atoms with Gasteiger partial charge in [-0.15, -0.1) is 0 Å². The first-order valence-electron chi connectivity index (χ1n) is 5.27. The largest absolute Gasteiger partial charge is 0.457 e. The smallest absolute Gasteiger partial charge is 0.340 e. The molecule has 0 aliphatic rings. The van der Waals surface area contributed by atoms with Crippen LogP contribution in [0.4, 0.5) is 0 Å². The van der Waals surface area contributed by atoms with Gasteiger partial charge in [-0.2, -0.15) is 0 Å². The van der Waals surface area contributed by atoms with Gasteiger partial charge in [0, 0.05) is 16.9 Å². The number of pyridine rings is 1. The van der Waals surface area contributed by atoms with Gasteiger partial charge >= 0.3 is 5.97 Å². The molecular weight excluding hydrogens is 300 g/mol. The van der Waals surface area contributed by atoms with E-state index in [1.54, 1.807) is 26.1 Å². The van der Waals surface area contributed by atoms with E-state index in [-0.39, 0.29) is 6.61 Å². The molecule has 18 heavy (non-hydrogen) atoms. The molecule has 0 atom stereocenters. The Bertz CT molecular complexity index is 561. The standard InChI is InChI=1S/C12H11BrN2O3/c1-7-11(8(2)18-15-7)6-17-12(16)9-3-10(13)5-14-4-9/h3-5H,6H2,1-2H3. The molecule has 0 aliphatic heterocycles. The number of halogens is 1. The molecule has 0 saturated heterocycles. The number of rotatable bonds is 3. The third-order valence-electron chi connectivity index (χ3n) is 2.47. The molecule has 0 N–H and O–H groups in total. The van der Waals surface area contributed by atoms with E-state index in [0.29, 0.717) is 11.3 Å². The predicted molar refractivity (Wildman–Crippen MR) is 67.0 cm³/mol. The van der Waals surface area contributed by atoms with E-state index < -0.39 is 5.97 Å². The highest BCUT2D eigenvalue weighted by Gasteiger charge is 2.13. The summed E-state index contributed by atoms with van der Waals surface area (Å²) in [7, 11) is 0. The SMILES string of the molecule is Cc1noc(C)c1COC(=O)c1cncc(Br)c1. The summed E-state index contributed by atoms with van der Waals surface area (Å²) < 4.78 is 10.9. The van der Waals surface area contributed by atoms with Crippen molar-refractivity contribution >= 4 is 21.9 Å². The number of hydrogen-bond acceptors (Lipinski definition) is 5. The molecule has 0 saturated carbocycles. The van der Waals surface area contributed by atoms with Crippen LogP contribution in [0.5, 0.6) is 0 Å². The molecule has 0 fully saturated rings. The van der Waals surface area contributed by atoms with Gasteiger partial charge in [0.15, 0.2) is 0 Å². The van der Waals surface area contributed by atoms with Crippen molar-refractivity contribution in [1.29, 1.82) is 0 Å². The highest BCUT2D eigenvalue weighted by molar-refractivity contribution is 9.10. The number of aromatic nitrogens is 2. The number of carbonyl (C=O) groups excluding carboxylic acids is 1. The van der Waals surface area contributed by atoms with Gasteiger partial charge in [-0.1, -0.05) is 5.16 Å². The van der Waals surface area contributed by atoms with Gasteiger partial charge in [0.25, 0.3) is 0 Å². The second-order valence-electron chi connectivity index (χ2n) is 3.77. The van der Waals surface area contributed by atoms with Gasteiger partial charge in [-0.05, 0) is 35.8 Å². The van der Waals surface area contributed by atoms with E-state index in [2.05, 4.69) is 26.1 Å². The number of ether oxygens (including phenoxy) is 1. The number of carbonyl (C=O) groups is 1. The summed E-state index contributed by atoms with van der Waals surface area (Å²) in [5.41, 5.74) is 1.93. The van der Waals surface area contributed by atoms with Crippen LogP contribution in [0.25, 0.3) is 0 Å². The summed E-state index contributed by atoms with van der Waals surface area (Å²) in [5.74, 6) is 0.233. The molecule has 2 aromatic heterocycles. The minimum Gasteiger partial charge on any atom is -0.457 e. The van der Waals surface area contributed by atoms with Crippen molar-refractivity contribution in [3.05, 3.63) is 45.5 Å². The van der Waals surface area contributed by atoms with E-state index in [9.17, 15) is 4.79 Å². The summed E-state index contributed by atoms with van der Waals surface area (Å²) in [6.07, 6.45) is 3.06. The van der Waals surface area contributed by atoms with Gasteiger partial charge in [-0.25, -0.2) is 4.79 Å². The average molecular weight is 311 g/mol. The Balaban J connectivity index is 2.05. The molecule has 0 aromatic carbocycles. The Morgan fingerprint density at radius 2 is 2.22 bits per heavy atom. The molecule has 0 unspecified atom stereocenters. The van der Waals surface area contributed by atoms with Crippen molar-refractivity contribution in [2.45, 2.75) is 20.5 Å². The molecule has 0 amide bonds. The Morgan fingerprint density at radius 1 is 1.44 bits per heavy atom. The number of esters is 1. The maximum atomic E-state index is 11.8. The normalized spacial score (nSPS) is 10.4. The quantitative estimate of drug-likeness (QED) is 0.816. The molecule has 0 bridgehead atoms. The fourth-order valence-corrected chi connectivity index (χ4v) is 1.82. The van der Waals surface area contributed by atoms with Gasteiger partial charge in [0.2, 0.25) is 0 Å². The molecule has 2 aromatic rings. The molecule has 6 heteroatoms. The highest BCUT2D eigenvalue weighted by atomic mass is 79.9. The van der Waals surface area contributed by atoms with Gasteiger partial charge in [0.05, 0.1) is 16.8 Å². The van der Waals surface area contributed by atoms with Gasteiger partial charge in [0.1, 0.15) is 12.4 Å².